The third kappa shape index (κ3) is 4.66. The average molecular weight is 362 g/mol. The van der Waals surface area contributed by atoms with Crippen LogP contribution in [0.5, 0.6) is 0 Å². The SMILES string of the molecule is Cc1ccc(C(=O)NN=C2CCN(Cc3ccc(Cl)cc3)CC2)s1. The maximum absolute atomic E-state index is 12.0. The van der Waals surface area contributed by atoms with Crippen LogP contribution < -0.4 is 5.43 Å². The number of carbonyl (C=O) groups is 1. The molecule has 1 aromatic heterocycles. The molecule has 0 atom stereocenters. The molecule has 0 aliphatic carbocycles. The van der Waals surface area contributed by atoms with Crippen LogP contribution in [-0.2, 0) is 6.54 Å². The van der Waals surface area contributed by atoms with Gasteiger partial charge in [0.25, 0.3) is 5.91 Å². The lowest BCUT2D eigenvalue weighted by Gasteiger charge is -2.27. The molecular formula is C18H20ClN3OS. The van der Waals surface area contributed by atoms with Crippen LogP contribution in [0, 0.1) is 6.92 Å². The number of amides is 1. The van der Waals surface area contributed by atoms with Crippen molar-refractivity contribution < 1.29 is 4.79 Å². The van der Waals surface area contributed by atoms with Gasteiger partial charge in [-0.25, -0.2) is 5.43 Å². The Morgan fingerprint density at radius 3 is 2.54 bits per heavy atom. The fourth-order valence-corrected chi connectivity index (χ4v) is 3.55. The highest BCUT2D eigenvalue weighted by atomic mass is 35.5. The summed E-state index contributed by atoms with van der Waals surface area (Å²) in [4.78, 5) is 16.2. The van der Waals surface area contributed by atoms with Crippen LogP contribution in [0.15, 0.2) is 41.5 Å². The van der Waals surface area contributed by atoms with E-state index >= 15 is 0 Å². The summed E-state index contributed by atoms with van der Waals surface area (Å²) < 4.78 is 0. The molecule has 1 aliphatic rings. The molecule has 1 amide bonds. The Morgan fingerprint density at radius 2 is 1.92 bits per heavy atom. The van der Waals surface area contributed by atoms with Crippen molar-refractivity contribution in [1.29, 1.82) is 0 Å². The quantitative estimate of drug-likeness (QED) is 0.833. The summed E-state index contributed by atoms with van der Waals surface area (Å²) in [6, 6.07) is 11.8. The van der Waals surface area contributed by atoms with Crippen molar-refractivity contribution in [1.82, 2.24) is 10.3 Å². The third-order valence-corrected chi connectivity index (χ3v) is 5.28. The molecule has 126 valence electrons. The Labute approximate surface area is 151 Å². The monoisotopic (exact) mass is 361 g/mol. The third-order valence-electron chi connectivity index (χ3n) is 4.03. The maximum Gasteiger partial charge on any atom is 0.281 e. The molecule has 6 heteroatoms. The molecule has 4 nitrogen and oxygen atoms in total. The van der Waals surface area contributed by atoms with Gasteiger partial charge in [-0.3, -0.25) is 9.69 Å². The van der Waals surface area contributed by atoms with Crippen molar-refractivity contribution in [3.8, 4) is 0 Å². The van der Waals surface area contributed by atoms with Gasteiger partial charge in [-0.1, -0.05) is 23.7 Å². The fraction of sp³-hybridized carbons (Fsp3) is 0.333. The zero-order valence-corrected chi connectivity index (χ0v) is 15.2. The first-order valence-corrected chi connectivity index (χ1v) is 9.18. The minimum Gasteiger partial charge on any atom is -0.298 e. The van der Waals surface area contributed by atoms with Gasteiger partial charge < -0.3 is 0 Å². The van der Waals surface area contributed by atoms with Gasteiger partial charge in [0.15, 0.2) is 0 Å². The van der Waals surface area contributed by atoms with E-state index in [1.54, 1.807) is 0 Å². The molecule has 0 bridgehead atoms. The number of rotatable bonds is 4. The van der Waals surface area contributed by atoms with Crippen LogP contribution in [0.1, 0.15) is 33.0 Å². The molecule has 2 aromatic rings. The number of halogens is 1. The lowest BCUT2D eigenvalue weighted by molar-refractivity contribution is 0.0958. The highest BCUT2D eigenvalue weighted by Crippen LogP contribution is 2.16. The summed E-state index contributed by atoms with van der Waals surface area (Å²) in [5, 5.41) is 5.07. The van der Waals surface area contributed by atoms with Crippen molar-refractivity contribution in [3.05, 3.63) is 56.7 Å². The minimum atomic E-state index is -0.121. The number of benzene rings is 1. The second-order valence-corrected chi connectivity index (χ2v) is 7.66. The summed E-state index contributed by atoms with van der Waals surface area (Å²) in [6.45, 7) is 4.82. The zero-order valence-electron chi connectivity index (χ0n) is 13.6. The molecule has 24 heavy (non-hydrogen) atoms. The van der Waals surface area contributed by atoms with Crippen molar-refractivity contribution in [2.24, 2.45) is 5.10 Å². The molecule has 0 radical (unpaired) electrons. The van der Waals surface area contributed by atoms with Crippen LogP contribution in [0.2, 0.25) is 5.02 Å². The second kappa shape index (κ2) is 7.92. The number of hydrazone groups is 1. The first kappa shape index (κ1) is 17.1. The van der Waals surface area contributed by atoms with Gasteiger partial charge in [0.05, 0.1) is 4.88 Å². The van der Waals surface area contributed by atoms with E-state index in [1.165, 1.54) is 16.9 Å². The Hall–Kier alpha value is -1.69. The molecule has 1 aromatic carbocycles. The number of piperidine rings is 1. The highest BCUT2D eigenvalue weighted by Gasteiger charge is 2.16. The van der Waals surface area contributed by atoms with E-state index in [-0.39, 0.29) is 5.91 Å². The standard InChI is InChI=1S/C18H20ClN3OS/c1-13-2-7-17(24-13)18(23)21-20-16-8-10-22(11-9-16)12-14-3-5-15(19)6-4-14/h2-7H,8-12H2,1H3,(H,21,23). The molecule has 1 N–H and O–H groups in total. The van der Waals surface area contributed by atoms with Gasteiger partial charge in [0.1, 0.15) is 0 Å². The molecule has 0 spiro atoms. The van der Waals surface area contributed by atoms with E-state index in [4.69, 9.17) is 11.6 Å². The number of aryl methyl sites for hydroxylation is 1. The summed E-state index contributed by atoms with van der Waals surface area (Å²) in [5.41, 5.74) is 5.00. The number of hydrogen-bond donors (Lipinski definition) is 1. The number of carbonyl (C=O) groups excluding carboxylic acids is 1. The van der Waals surface area contributed by atoms with Crippen molar-refractivity contribution in [2.75, 3.05) is 13.1 Å². The van der Waals surface area contributed by atoms with Crippen LogP contribution in [0.3, 0.4) is 0 Å². The number of nitrogens with zero attached hydrogens (tertiary/aromatic N) is 2. The van der Waals surface area contributed by atoms with Crippen molar-refractivity contribution in [2.45, 2.75) is 26.3 Å². The largest absolute Gasteiger partial charge is 0.298 e. The molecule has 1 saturated heterocycles. The maximum atomic E-state index is 12.0. The number of hydrogen-bond acceptors (Lipinski definition) is 4. The molecular weight excluding hydrogens is 342 g/mol. The first-order chi connectivity index (χ1) is 11.6. The van der Waals surface area contributed by atoms with Crippen LogP contribution >= 0.6 is 22.9 Å². The smallest absolute Gasteiger partial charge is 0.281 e. The average Bonchev–Trinajstić information content (AvgIpc) is 3.03. The Morgan fingerprint density at radius 1 is 1.21 bits per heavy atom. The van der Waals surface area contributed by atoms with Crippen molar-refractivity contribution >= 4 is 34.6 Å². The molecule has 2 heterocycles. The molecule has 0 unspecified atom stereocenters. The molecule has 1 fully saturated rings. The molecule has 0 saturated carbocycles. The molecule has 3 rings (SSSR count). The summed E-state index contributed by atoms with van der Waals surface area (Å²) >= 11 is 7.40. The first-order valence-electron chi connectivity index (χ1n) is 7.99. The second-order valence-electron chi connectivity index (χ2n) is 5.93. The van der Waals surface area contributed by atoms with E-state index in [9.17, 15) is 4.79 Å². The summed E-state index contributed by atoms with van der Waals surface area (Å²) in [5.74, 6) is -0.121. The number of thiophene rings is 1. The van der Waals surface area contributed by atoms with Gasteiger partial charge in [-0.15, -0.1) is 11.3 Å². The van der Waals surface area contributed by atoms with Gasteiger partial charge in [0.2, 0.25) is 0 Å². The van der Waals surface area contributed by atoms with Crippen molar-refractivity contribution in [3.63, 3.8) is 0 Å². The van der Waals surface area contributed by atoms with E-state index < -0.39 is 0 Å². The number of likely N-dealkylation sites (tertiary alicyclic amines) is 1. The van der Waals surface area contributed by atoms with Crippen LogP contribution in [0.4, 0.5) is 0 Å². The van der Waals surface area contributed by atoms with E-state index in [2.05, 4.69) is 27.6 Å². The van der Waals surface area contributed by atoms with E-state index in [1.807, 2.05) is 31.2 Å². The number of nitrogens with one attached hydrogen (secondary N) is 1. The van der Waals surface area contributed by atoms with Gasteiger partial charge in [0, 0.05) is 48.1 Å². The lowest BCUT2D eigenvalue weighted by atomic mass is 10.1. The summed E-state index contributed by atoms with van der Waals surface area (Å²) in [6.07, 6.45) is 1.77. The lowest BCUT2D eigenvalue weighted by Crippen LogP contribution is -2.34. The fourth-order valence-electron chi connectivity index (χ4n) is 2.67. The Kier molecular flexibility index (Phi) is 5.66. The van der Waals surface area contributed by atoms with Crippen LogP contribution in [-0.4, -0.2) is 29.6 Å². The van der Waals surface area contributed by atoms with Gasteiger partial charge >= 0.3 is 0 Å². The molecule has 1 aliphatic heterocycles. The zero-order chi connectivity index (χ0) is 16.9. The minimum absolute atomic E-state index is 0.121. The van der Waals surface area contributed by atoms with Gasteiger partial charge in [-0.05, 0) is 36.8 Å². The topological polar surface area (TPSA) is 44.7 Å². The van der Waals surface area contributed by atoms with E-state index in [0.29, 0.717) is 4.88 Å². The predicted octanol–water partition coefficient (Wildman–Crippen LogP) is 4.09. The normalized spacial score (nSPS) is 15.3. The van der Waals surface area contributed by atoms with Gasteiger partial charge in [-0.2, -0.15) is 5.10 Å². The highest BCUT2D eigenvalue weighted by molar-refractivity contribution is 7.13. The predicted molar refractivity (Wildman–Crippen MR) is 99.9 cm³/mol. The Bertz CT molecular complexity index is 729. The Balaban J connectivity index is 1.47. The van der Waals surface area contributed by atoms with E-state index in [0.717, 1.165) is 48.1 Å². The van der Waals surface area contributed by atoms with Crippen LogP contribution in [0.25, 0.3) is 0 Å². The summed E-state index contributed by atoms with van der Waals surface area (Å²) in [7, 11) is 0.